The molecule has 0 atom stereocenters. The van der Waals surface area contributed by atoms with Gasteiger partial charge in [0.15, 0.2) is 0 Å². The number of fused-ring (bicyclic) bond motifs is 1. The van der Waals surface area contributed by atoms with Crippen molar-refractivity contribution < 1.29 is 4.79 Å². The number of carbonyl (C=O) groups is 1. The summed E-state index contributed by atoms with van der Waals surface area (Å²) in [5.41, 5.74) is 3.46. The number of hydrogen-bond donors (Lipinski definition) is 1. The van der Waals surface area contributed by atoms with Crippen molar-refractivity contribution in [2.45, 2.75) is 13.8 Å². The van der Waals surface area contributed by atoms with E-state index in [1.54, 1.807) is 7.05 Å². The first-order chi connectivity index (χ1) is 7.57. The molecule has 1 aliphatic rings. The van der Waals surface area contributed by atoms with Crippen molar-refractivity contribution in [3.8, 4) is 0 Å². The van der Waals surface area contributed by atoms with Gasteiger partial charge in [0.25, 0.3) is 5.91 Å². The lowest BCUT2D eigenvalue weighted by Crippen LogP contribution is -2.38. The third-order valence-electron chi connectivity index (χ3n) is 2.96. The zero-order chi connectivity index (χ0) is 11.9. The average molecular weight is 214 g/mol. The number of nitrogens with zero attached hydrogens (tertiary/aromatic N) is 1. The highest BCUT2D eigenvalue weighted by Crippen LogP contribution is 2.30. The molecule has 0 unspecified atom stereocenters. The van der Waals surface area contributed by atoms with Gasteiger partial charge >= 0.3 is 0 Å². The molecule has 1 amide bonds. The second-order valence-corrected chi connectivity index (χ2v) is 3.91. The molecule has 0 saturated heterocycles. The first kappa shape index (κ1) is 10.6. The van der Waals surface area contributed by atoms with E-state index in [0.29, 0.717) is 5.56 Å². The highest BCUT2D eigenvalue weighted by molar-refractivity contribution is 6.32. The van der Waals surface area contributed by atoms with Crippen LogP contribution in [0.1, 0.15) is 28.4 Å². The van der Waals surface area contributed by atoms with Gasteiger partial charge in [-0.1, -0.05) is 18.2 Å². The molecule has 82 valence electrons. The fourth-order valence-corrected chi connectivity index (χ4v) is 2.07. The minimum absolute atomic E-state index is 0.102. The minimum atomic E-state index is -0.102. The molecule has 0 aromatic heterocycles. The molecule has 1 heterocycles. The summed E-state index contributed by atoms with van der Waals surface area (Å²) in [5, 5.41) is 7.95. The number of likely N-dealkylation sites (N-methyl/N-ethyl adjacent to an activating group) is 1. The number of nitrogens with one attached hydrogen (secondary N) is 1. The predicted octanol–water partition coefficient (Wildman–Crippen LogP) is 2.46. The van der Waals surface area contributed by atoms with E-state index >= 15 is 0 Å². The third-order valence-corrected chi connectivity index (χ3v) is 2.96. The number of rotatable bonds is 0. The van der Waals surface area contributed by atoms with Crippen LogP contribution in [-0.4, -0.2) is 23.7 Å². The molecular weight excluding hydrogens is 200 g/mol. The molecule has 16 heavy (non-hydrogen) atoms. The van der Waals surface area contributed by atoms with Gasteiger partial charge in [0.05, 0.1) is 0 Å². The molecular formula is C13H14N2O. The third kappa shape index (κ3) is 1.28. The normalized spacial score (nSPS) is 17.9. The van der Waals surface area contributed by atoms with Crippen LogP contribution in [0.5, 0.6) is 0 Å². The molecule has 0 saturated carbocycles. The van der Waals surface area contributed by atoms with Gasteiger partial charge in [-0.3, -0.25) is 15.1 Å². The summed E-state index contributed by atoms with van der Waals surface area (Å²) in [6, 6.07) is 5.66. The molecule has 0 bridgehead atoms. The van der Waals surface area contributed by atoms with E-state index in [0.717, 1.165) is 16.7 Å². The number of amides is 1. The largest absolute Gasteiger partial charge is 0.296 e. The molecule has 0 fully saturated rings. The fraction of sp³-hybridized carbons (Fsp3) is 0.231. The molecule has 2 rings (SSSR count). The van der Waals surface area contributed by atoms with Crippen LogP contribution in [0.4, 0.5) is 0 Å². The van der Waals surface area contributed by atoms with Crippen LogP contribution in [0, 0.1) is 12.3 Å². The SMILES string of the molecule is C/C=C1/C(=N)N(C)C(=O)c2cccc(C)c21. The maximum absolute atomic E-state index is 12.0. The monoisotopic (exact) mass is 214 g/mol. The molecule has 1 aromatic rings. The number of carbonyl (C=O) groups excluding carboxylic acids is 1. The summed E-state index contributed by atoms with van der Waals surface area (Å²) < 4.78 is 0. The fourth-order valence-electron chi connectivity index (χ4n) is 2.07. The summed E-state index contributed by atoms with van der Waals surface area (Å²) >= 11 is 0. The number of hydrogen-bond acceptors (Lipinski definition) is 2. The highest BCUT2D eigenvalue weighted by Gasteiger charge is 2.29. The van der Waals surface area contributed by atoms with Crippen LogP contribution >= 0.6 is 0 Å². The van der Waals surface area contributed by atoms with Gasteiger partial charge in [0.1, 0.15) is 5.84 Å². The van der Waals surface area contributed by atoms with Gasteiger partial charge in [-0.2, -0.15) is 0 Å². The van der Waals surface area contributed by atoms with Crippen molar-refractivity contribution in [2.24, 2.45) is 0 Å². The van der Waals surface area contributed by atoms with Crippen LogP contribution in [0.3, 0.4) is 0 Å². The molecule has 1 aromatic carbocycles. The number of aryl methyl sites for hydroxylation is 1. The average Bonchev–Trinajstić information content (AvgIpc) is 2.28. The Hall–Kier alpha value is -1.90. The predicted molar refractivity (Wildman–Crippen MR) is 64.7 cm³/mol. The van der Waals surface area contributed by atoms with E-state index < -0.39 is 0 Å². The maximum Gasteiger partial charge on any atom is 0.259 e. The number of amidine groups is 1. The molecule has 3 heteroatoms. The Morgan fingerprint density at radius 1 is 1.38 bits per heavy atom. The van der Waals surface area contributed by atoms with Crippen LogP contribution in [0.15, 0.2) is 24.3 Å². The highest BCUT2D eigenvalue weighted by atomic mass is 16.2. The molecule has 1 aliphatic heterocycles. The minimum Gasteiger partial charge on any atom is -0.296 e. The standard InChI is InChI=1S/C13H14N2O/c1-4-9-11-8(2)6-5-7-10(11)13(16)15(3)12(9)14/h4-7,14H,1-3H3/b9-4+,14-12?. The van der Waals surface area contributed by atoms with Gasteiger partial charge in [-0.25, -0.2) is 0 Å². The van der Waals surface area contributed by atoms with Crippen molar-refractivity contribution in [3.63, 3.8) is 0 Å². The number of benzene rings is 1. The van der Waals surface area contributed by atoms with Crippen molar-refractivity contribution >= 4 is 17.3 Å². The second-order valence-electron chi connectivity index (χ2n) is 3.91. The number of allylic oxidation sites excluding steroid dienone is 1. The van der Waals surface area contributed by atoms with Gasteiger partial charge in [0, 0.05) is 23.7 Å². The maximum atomic E-state index is 12.0. The van der Waals surface area contributed by atoms with Crippen molar-refractivity contribution in [1.29, 1.82) is 5.41 Å². The lowest BCUT2D eigenvalue weighted by atomic mass is 9.90. The zero-order valence-corrected chi connectivity index (χ0v) is 9.66. The Morgan fingerprint density at radius 2 is 2.06 bits per heavy atom. The van der Waals surface area contributed by atoms with Crippen molar-refractivity contribution in [2.75, 3.05) is 7.05 Å². The van der Waals surface area contributed by atoms with E-state index in [2.05, 4.69) is 0 Å². The van der Waals surface area contributed by atoms with Gasteiger partial charge in [0.2, 0.25) is 0 Å². The van der Waals surface area contributed by atoms with Gasteiger partial charge in [-0.05, 0) is 25.5 Å². The molecule has 3 nitrogen and oxygen atoms in total. The zero-order valence-electron chi connectivity index (χ0n) is 9.66. The van der Waals surface area contributed by atoms with Gasteiger partial charge in [-0.15, -0.1) is 0 Å². The van der Waals surface area contributed by atoms with Crippen molar-refractivity contribution in [1.82, 2.24) is 4.90 Å². The quantitative estimate of drug-likeness (QED) is 0.708. The topological polar surface area (TPSA) is 44.2 Å². The summed E-state index contributed by atoms with van der Waals surface area (Å²) in [4.78, 5) is 13.4. The smallest absolute Gasteiger partial charge is 0.259 e. The second kappa shape index (κ2) is 3.59. The summed E-state index contributed by atoms with van der Waals surface area (Å²) in [5.74, 6) is 0.170. The summed E-state index contributed by atoms with van der Waals surface area (Å²) in [7, 11) is 1.64. The first-order valence-corrected chi connectivity index (χ1v) is 5.21. The Kier molecular flexibility index (Phi) is 2.38. The molecule has 0 aliphatic carbocycles. The Bertz CT molecular complexity index is 515. The lowest BCUT2D eigenvalue weighted by Gasteiger charge is -2.28. The van der Waals surface area contributed by atoms with E-state index in [-0.39, 0.29) is 11.7 Å². The van der Waals surface area contributed by atoms with E-state index in [1.165, 1.54) is 4.90 Å². The van der Waals surface area contributed by atoms with Crippen LogP contribution in [0.2, 0.25) is 0 Å². The van der Waals surface area contributed by atoms with Crippen LogP contribution in [-0.2, 0) is 0 Å². The van der Waals surface area contributed by atoms with E-state index in [1.807, 2.05) is 38.1 Å². The Balaban J connectivity index is 2.79. The summed E-state index contributed by atoms with van der Waals surface area (Å²) in [6.07, 6.45) is 1.89. The lowest BCUT2D eigenvalue weighted by molar-refractivity contribution is 0.0868. The molecule has 0 radical (unpaired) electrons. The van der Waals surface area contributed by atoms with Crippen molar-refractivity contribution in [3.05, 3.63) is 41.0 Å². The Labute approximate surface area is 94.9 Å². The van der Waals surface area contributed by atoms with Crippen LogP contribution in [0.25, 0.3) is 5.57 Å². The first-order valence-electron chi connectivity index (χ1n) is 5.21. The molecule has 0 spiro atoms. The van der Waals surface area contributed by atoms with Gasteiger partial charge < -0.3 is 0 Å². The molecule has 1 N–H and O–H groups in total. The van der Waals surface area contributed by atoms with E-state index in [4.69, 9.17) is 5.41 Å². The van der Waals surface area contributed by atoms with Crippen LogP contribution < -0.4 is 0 Å². The van der Waals surface area contributed by atoms with E-state index in [9.17, 15) is 4.79 Å². The Morgan fingerprint density at radius 3 is 2.69 bits per heavy atom. The summed E-state index contributed by atoms with van der Waals surface area (Å²) in [6.45, 7) is 3.86.